The fraction of sp³-hybridized carbons (Fsp3) is 0.500. The van der Waals surface area contributed by atoms with Crippen molar-refractivity contribution >= 4 is 5.96 Å². The number of nitrogens with zero attached hydrogens (tertiary/aromatic N) is 2. The molecule has 2 N–H and O–H groups in total. The van der Waals surface area contributed by atoms with Crippen molar-refractivity contribution in [2.24, 2.45) is 4.99 Å². The highest BCUT2D eigenvalue weighted by Crippen LogP contribution is 2.04. The van der Waals surface area contributed by atoms with Crippen LogP contribution in [-0.4, -0.2) is 23.5 Å². The molecule has 0 aromatic carbocycles. The molecule has 2 rings (SSSR count). The third-order valence-corrected chi connectivity index (χ3v) is 2.51. The number of nitrogens with one attached hydrogen (secondary N) is 2. The number of pyridine rings is 1. The molecule has 16 heavy (non-hydrogen) atoms. The predicted molar refractivity (Wildman–Crippen MR) is 65.5 cm³/mol. The van der Waals surface area contributed by atoms with Gasteiger partial charge in [-0.25, -0.2) is 0 Å². The summed E-state index contributed by atoms with van der Waals surface area (Å²) in [6, 6.07) is 4.64. The summed E-state index contributed by atoms with van der Waals surface area (Å²) in [4.78, 5) is 8.71. The molecular formula is C12H18N4. The van der Waals surface area contributed by atoms with Crippen molar-refractivity contribution in [3.05, 3.63) is 29.1 Å². The van der Waals surface area contributed by atoms with E-state index in [2.05, 4.69) is 39.7 Å². The molecule has 1 unspecified atom stereocenters. The summed E-state index contributed by atoms with van der Waals surface area (Å²) in [6.45, 7) is 7.81. The van der Waals surface area contributed by atoms with E-state index in [0.29, 0.717) is 6.04 Å². The zero-order valence-electron chi connectivity index (χ0n) is 10.0. The molecule has 0 aliphatic carbocycles. The Bertz CT molecular complexity index is 391. The Morgan fingerprint density at radius 3 is 2.62 bits per heavy atom. The van der Waals surface area contributed by atoms with Crippen LogP contribution in [0.3, 0.4) is 0 Å². The van der Waals surface area contributed by atoms with Crippen LogP contribution < -0.4 is 10.6 Å². The zero-order valence-corrected chi connectivity index (χ0v) is 10.0. The van der Waals surface area contributed by atoms with Crippen LogP contribution in [0.5, 0.6) is 0 Å². The zero-order chi connectivity index (χ0) is 11.5. The molecular weight excluding hydrogens is 200 g/mol. The van der Waals surface area contributed by atoms with Gasteiger partial charge in [-0.1, -0.05) is 0 Å². The van der Waals surface area contributed by atoms with E-state index in [1.807, 2.05) is 13.8 Å². The van der Waals surface area contributed by atoms with Crippen LogP contribution in [0, 0.1) is 13.8 Å². The van der Waals surface area contributed by atoms with Crippen molar-refractivity contribution in [1.82, 2.24) is 15.6 Å². The number of guanidine groups is 1. The van der Waals surface area contributed by atoms with E-state index in [9.17, 15) is 0 Å². The van der Waals surface area contributed by atoms with Gasteiger partial charge in [-0.15, -0.1) is 0 Å². The van der Waals surface area contributed by atoms with E-state index in [1.165, 1.54) is 5.56 Å². The van der Waals surface area contributed by atoms with E-state index in [4.69, 9.17) is 0 Å². The Hall–Kier alpha value is -1.58. The molecule has 2 heterocycles. The third-order valence-electron chi connectivity index (χ3n) is 2.51. The molecule has 1 atom stereocenters. The van der Waals surface area contributed by atoms with Gasteiger partial charge in [-0.05, 0) is 38.5 Å². The number of hydrogen-bond donors (Lipinski definition) is 2. The molecule has 4 nitrogen and oxygen atoms in total. The van der Waals surface area contributed by atoms with Crippen LogP contribution in [0.1, 0.15) is 23.9 Å². The highest BCUT2D eigenvalue weighted by Gasteiger charge is 2.11. The Kier molecular flexibility index (Phi) is 3.08. The van der Waals surface area contributed by atoms with Gasteiger partial charge < -0.3 is 10.6 Å². The summed E-state index contributed by atoms with van der Waals surface area (Å²) in [5.74, 6) is 0.902. The van der Waals surface area contributed by atoms with Crippen molar-refractivity contribution in [2.75, 3.05) is 6.54 Å². The van der Waals surface area contributed by atoms with E-state index < -0.39 is 0 Å². The van der Waals surface area contributed by atoms with Crippen molar-refractivity contribution in [1.29, 1.82) is 0 Å². The van der Waals surface area contributed by atoms with Gasteiger partial charge in [0.15, 0.2) is 5.96 Å². The SMILES string of the molecule is Cc1cc(CNC2=NCC(C)N2)cc(C)n1. The first-order valence-corrected chi connectivity index (χ1v) is 5.62. The molecule has 1 aliphatic heterocycles. The fourth-order valence-electron chi connectivity index (χ4n) is 1.87. The summed E-state index contributed by atoms with van der Waals surface area (Å²) in [6.07, 6.45) is 0. The van der Waals surface area contributed by atoms with Crippen LogP contribution in [0.4, 0.5) is 0 Å². The summed E-state index contributed by atoms with van der Waals surface area (Å²) in [5, 5.41) is 6.57. The third kappa shape index (κ3) is 2.72. The first-order valence-electron chi connectivity index (χ1n) is 5.62. The molecule has 0 saturated heterocycles. The summed E-state index contributed by atoms with van der Waals surface area (Å²) in [7, 11) is 0. The molecule has 4 heteroatoms. The quantitative estimate of drug-likeness (QED) is 0.782. The number of aromatic nitrogens is 1. The highest BCUT2D eigenvalue weighted by molar-refractivity contribution is 5.81. The van der Waals surface area contributed by atoms with Crippen molar-refractivity contribution in [3.8, 4) is 0 Å². The number of rotatable bonds is 2. The monoisotopic (exact) mass is 218 g/mol. The van der Waals surface area contributed by atoms with Gasteiger partial charge in [0.25, 0.3) is 0 Å². The molecule has 1 aromatic rings. The molecule has 1 aromatic heterocycles. The van der Waals surface area contributed by atoms with Gasteiger partial charge >= 0.3 is 0 Å². The lowest BCUT2D eigenvalue weighted by molar-refractivity contribution is 0.713. The van der Waals surface area contributed by atoms with E-state index >= 15 is 0 Å². The smallest absolute Gasteiger partial charge is 0.191 e. The van der Waals surface area contributed by atoms with Gasteiger partial charge in [-0.2, -0.15) is 0 Å². The molecule has 0 fully saturated rings. The lowest BCUT2D eigenvalue weighted by Gasteiger charge is -2.09. The molecule has 0 bridgehead atoms. The minimum atomic E-state index is 0.448. The minimum Gasteiger partial charge on any atom is -0.352 e. The van der Waals surface area contributed by atoms with Gasteiger partial charge in [-0.3, -0.25) is 9.98 Å². The van der Waals surface area contributed by atoms with Crippen molar-refractivity contribution < 1.29 is 0 Å². The van der Waals surface area contributed by atoms with Gasteiger partial charge in [0.1, 0.15) is 0 Å². The second-order valence-electron chi connectivity index (χ2n) is 4.35. The summed E-state index contributed by atoms with van der Waals surface area (Å²) in [5.41, 5.74) is 3.37. The lowest BCUT2D eigenvalue weighted by atomic mass is 10.2. The standard InChI is InChI=1S/C12H18N4/c1-8-4-11(5-9(2)15-8)7-14-12-13-6-10(3)16-12/h4-5,10H,6-7H2,1-3H3,(H2,13,14,16). The predicted octanol–water partition coefficient (Wildman–Crippen LogP) is 1.14. The summed E-state index contributed by atoms with van der Waals surface area (Å²) < 4.78 is 0. The van der Waals surface area contributed by atoms with Crippen molar-refractivity contribution in [3.63, 3.8) is 0 Å². The van der Waals surface area contributed by atoms with Crippen molar-refractivity contribution in [2.45, 2.75) is 33.4 Å². The van der Waals surface area contributed by atoms with Crippen LogP contribution in [0.2, 0.25) is 0 Å². The maximum Gasteiger partial charge on any atom is 0.191 e. The number of aryl methyl sites for hydroxylation is 2. The molecule has 0 spiro atoms. The van der Waals surface area contributed by atoms with E-state index in [1.54, 1.807) is 0 Å². The topological polar surface area (TPSA) is 49.3 Å². The largest absolute Gasteiger partial charge is 0.352 e. The Balaban J connectivity index is 1.94. The molecule has 86 valence electrons. The Morgan fingerprint density at radius 1 is 1.38 bits per heavy atom. The van der Waals surface area contributed by atoms with Gasteiger partial charge in [0.2, 0.25) is 0 Å². The van der Waals surface area contributed by atoms with Crippen LogP contribution >= 0.6 is 0 Å². The second-order valence-corrected chi connectivity index (χ2v) is 4.35. The average molecular weight is 218 g/mol. The number of hydrogen-bond acceptors (Lipinski definition) is 4. The lowest BCUT2D eigenvalue weighted by Crippen LogP contribution is -2.37. The first-order chi connectivity index (χ1) is 7.63. The highest BCUT2D eigenvalue weighted by atomic mass is 15.2. The maximum absolute atomic E-state index is 4.36. The average Bonchev–Trinajstić information content (AvgIpc) is 2.60. The molecule has 0 amide bonds. The normalized spacial score (nSPS) is 19.2. The Labute approximate surface area is 96.2 Å². The molecule has 0 radical (unpaired) electrons. The minimum absolute atomic E-state index is 0.448. The van der Waals surface area contributed by atoms with Crippen LogP contribution in [0.15, 0.2) is 17.1 Å². The second kappa shape index (κ2) is 4.51. The van der Waals surface area contributed by atoms with Gasteiger partial charge in [0.05, 0.1) is 6.54 Å². The summed E-state index contributed by atoms with van der Waals surface area (Å²) >= 11 is 0. The molecule has 0 saturated carbocycles. The number of aliphatic imine (C=N–C) groups is 1. The van der Waals surface area contributed by atoms with Crippen LogP contribution in [0.25, 0.3) is 0 Å². The van der Waals surface area contributed by atoms with Gasteiger partial charge in [0, 0.05) is 24.0 Å². The first kappa shape index (κ1) is 10.9. The molecule has 1 aliphatic rings. The Morgan fingerprint density at radius 2 is 2.06 bits per heavy atom. The van der Waals surface area contributed by atoms with E-state index in [-0.39, 0.29) is 0 Å². The maximum atomic E-state index is 4.36. The van der Waals surface area contributed by atoms with E-state index in [0.717, 1.165) is 30.4 Å². The fourth-order valence-corrected chi connectivity index (χ4v) is 1.87. The van der Waals surface area contributed by atoms with Crippen LogP contribution in [-0.2, 0) is 6.54 Å².